The van der Waals surface area contributed by atoms with Crippen molar-refractivity contribution in [3.8, 4) is 0 Å². The van der Waals surface area contributed by atoms with Gasteiger partial charge in [0.15, 0.2) is 6.10 Å². The van der Waals surface area contributed by atoms with E-state index in [-0.39, 0.29) is 38.0 Å². The minimum absolute atomic E-state index is 0.00677. The first-order valence-electron chi connectivity index (χ1n) is 25.4. The van der Waals surface area contributed by atoms with Gasteiger partial charge >= 0.3 is 11.9 Å². The first-order valence-corrected chi connectivity index (χ1v) is 25.4. The summed E-state index contributed by atoms with van der Waals surface area (Å²) < 4.78 is 17.2. The highest BCUT2D eigenvalue weighted by atomic mass is 16.6. The number of ether oxygens (including phenoxy) is 3. The summed E-state index contributed by atoms with van der Waals surface area (Å²) in [7, 11) is 0. The molecule has 0 aliphatic rings. The predicted molar refractivity (Wildman–Crippen MR) is 278 cm³/mol. The predicted octanol–water partition coefficient (Wildman–Crippen LogP) is 17.3. The number of carbonyl (C=O) groups excluding carboxylic acids is 2. The van der Waals surface area contributed by atoms with Gasteiger partial charge in [-0.15, -0.1) is 0 Å². The molecule has 0 aromatic heterocycles. The molecule has 358 valence electrons. The van der Waals surface area contributed by atoms with E-state index in [1.54, 1.807) is 0 Å². The van der Waals surface area contributed by atoms with Gasteiger partial charge < -0.3 is 14.2 Å². The normalized spacial score (nSPS) is 13.5. The smallest absolute Gasteiger partial charge is 0.310 e. The van der Waals surface area contributed by atoms with Gasteiger partial charge in [-0.1, -0.05) is 212 Å². The van der Waals surface area contributed by atoms with E-state index in [0.717, 1.165) is 83.5 Å². The Hall–Kier alpha value is -4.22. The molecule has 0 aromatic carbocycles. The van der Waals surface area contributed by atoms with Crippen LogP contribution in [0, 0.1) is 0 Å². The van der Waals surface area contributed by atoms with Crippen LogP contribution in [0.15, 0.2) is 146 Å². The summed E-state index contributed by atoms with van der Waals surface area (Å²) in [4.78, 5) is 25.3. The molecule has 0 aromatic rings. The minimum Gasteiger partial charge on any atom is -0.462 e. The van der Waals surface area contributed by atoms with Crippen LogP contribution >= 0.6 is 0 Å². The molecule has 0 amide bonds. The number of unbranched alkanes of at least 4 members (excludes halogenated alkanes) is 10. The van der Waals surface area contributed by atoms with Crippen LogP contribution in [0.1, 0.15) is 188 Å². The summed E-state index contributed by atoms with van der Waals surface area (Å²) in [6.45, 7) is 7.36. The SMILES string of the molecule is CC/C=C\C/C=C\C/C=C\C/C=C\C/C=C\C/C=C\CCC(=O)OCC(COCCCCCCCC/C=C\CCCCCC)OC(=O)C/C=C\C/C=C\C/C=C\C/C=C\C/C=C\CC. The maximum atomic E-state index is 12.7. The maximum Gasteiger partial charge on any atom is 0.310 e. The molecule has 0 saturated heterocycles. The van der Waals surface area contributed by atoms with Crippen LogP contribution in [-0.2, 0) is 23.8 Å². The van der Waals surface area contributed by atoms with Crippen molar-refractivity contribution >= 4 is 11.9 Å². The number of esters is 2. The molecule has 0 radical (unpaired) electrons. The Labute approximate surface area is 393 Å². The second kappa shape index (κ2) is 53.1. The Kier molecular flexibility index (Phi) is 49.6. The topological polar surface area (TPSA) is 61.8 Å². The summed E-state index contributed by atoms with van der Waals surface area (Å²) in [5, 5.41) is 0. The van der Waals surface area contributed by atoms with Crippen molar-refractivity contribution in [1.82, 2.24) is 0 Å². The van der Waals surface area contributed by atoms with Crippen LogP contribution in [0.3, 0.4) is 0 Å². The van der Waals surface area contributed by atoms with Crippen LogP contribution in [0.4, 0.5) is 0 Å². The zero-order chi connectivity index (χ0) is 46.3. The van der Waals surface area contributed by atoms with E-state index >= 15 is 0 Å². The van der Waals surface area contributed by atoms with E-state index in [1.165, 1.54) is 64.2 Å². The third kappa shape index (κ3) is 50.4. The molecule has 0 aliphatic carbocycles. The Bertz CT molecular complexity index is 1410. The van der Waals surface area contributed by atoms with Crippen molar-refractivity contribution < 1.29 is 23.8 Å². The number of allylic oxidation sites excluding steroid dienone is 23. The molecule has 0 saturated carbocycles. The van der Waals surface area contributed by atoms with Gasteiger partial charge in [0.25, 0.3) is 0 Å². The Balaban J connectivity index is 4.55. The van der Waals surface area contributed by atoms with Crippen molar-refractivity contribution in [3.63, 3.8) is 0 Å². The highest BCUT2D eigenvalue weighted by molar-refractivity contribution is 5.71. The maximum absolute atomic E-state index is 12.7. The van der Waals surface area contributed by atoms with E-state index in [2.05, 4.69) is 148 Å². The summed E-state index contributed by atoms with van der Waals surface area (Å²) in [5.41, 5.74) is 0. The van der Waals surface area contributed by atoms with Crippen LogP contribution < -0.4 is 0 Å². The van der Waals surface area contributed by atoms with Crippen molar-refractivity contribution in [2.75, 3.05) is 19.8 Å². The van der Waals surface area contributed by atoms with Crippen LogP contribution in [0.25, 0.3) is 0 Å². The number of rotatable bonds is 44. The fourth-order valence-electron chi connectivity index (χ4n) is 6.19. The number of carbonyl (C=O) groups is 2. The second-order valence-corrected chi connectivity index (χ2v) is 16.0. The van der Waals surface area contributed by atoms with Crippen molar-refractivity contribution in [1.29, 1.82) is 0 Å². The molecule has 64 heavy (non-hydrogen) atoms. The molecule has 0 rings (SSSR count). The van der Waals surface area contributed by atoms with Gasteiger partial charge in [-0.3, -0.25) is 9.59 Å². The fraction of sp³-hybridized carbons (Fsp3) is 0.559. The number of hydrogen-bond donors (Lipinski definition) is 0. The van der Waals surface area contributed by atoms with E-state index in [9.17, 15) is 9.59 Å². The van der Waals surface area contributed by atoms with E-state index in [4.69, 9.17) is 14.2 Å². The first kappa shape index (κ1) is 59.8. The van der Waals surface area contributed by atoms with Gasteiger partial charge in [0.05, 0.1) is 13.0 Å². The molecule has 1 unspecified atom stereocenters. The van der Waals surface area contributed by atoms with Gasteiger partial charge in [-0.05, 0) is 109 Å². The molecule has 0 heterocycles. The lowest BCUT2D eigenvalue weighted by Gasteiger charge is -2.18. The molecule has 0 spiro atoms. The van der Waals surface area contributed by atoms with Crippen molar-refractivity contribution in [2.45, 2.75) is 194 Å². The van der Waals surface area contributed by atoms with Gasteiger partial charge in [0.2, 0.25) is 0 Å². The molecule has 5 heteroatoms. The Morgan fingerprint density at radius 1 is 0.375 bits per heavy atom. The van der Waals surface area contributed by atoms with Crippen molar-refractivity contribution in [3.05, 3.63) is 146 Å². The average Bonchev–Trinajstić information content (AvgIpc) is 3.30. The minimum atomic E-state index is -0.634. The van der Waals surface area contributed by atoms with Gasteiger partial charge in [-0.25, -0.2) is 0 Å². The molecule has 0 fully saturated rings. The monoisotopic (exact) mass is 881 g/mol. The molecular formula is C59H92O5. The summed E-state index contributed by atoms with van der Waals surface area (Å²) >= 11 is 0. The summed E-state index contributed by atoms with van der Waals surface area (Å²) in [6, 6.07) is 0. The van der Waals surface area contributed by atoms with Crippen LogP contribution in [-0.4, -0.2) is 37.9 Å². The lowest BCUT2D eigenvalue weighted by Crippen LogP contribution is -2.29. The van der Waals surface area contributed by atoms with E-state index in [0.29, 0.717) is 13.0 Å². The average molecular weight is 881 g/mol. The molecule has 0 bridgehead atoms. The zero-order valence-corrected chi connectivity index (χ0v) is 41.0. The molecule has 5 nitrogen and oxygen atoms in total. The lowest BCUT2D eigenvalue weighted by atomic mass is 10.1. The third-order valence-electron chi connectivity index (χ3n) is 9.89. The second-order valence-electron chi connectivity index (χ2n) is 16.0. The lowest BCUT2D eigenvalue weighted by molar-refractivity contribution is -0.162. The molecular weight excluding hydrogens is 789 g/mol. The van der Waals surface area contributed by atoms with Crippen LogP contribution in [0.5, 0.6) is 0 Å². The van der Waals surface area contributed by atoms with E-state index in [1.807, 2.05) is 18.2 Å². The van der Waals surface area contributed by atoms with E-state index < -0.39 is 6.10 Å². The van der Waals surface area contributed by atoms with Crippen LogP contribution in [0.2, 0.25) is 0 Å². The van der Waals surface area contributed by atoms with Gasteiger partial charge in [0.1, 0.15) is 6.61 Å². The quantitative estimate of drug-likeness (QED) is 0.0347. The fourth-order valence-corrected chi connectivity index (χ4v) is 6.19. The Morgan fingerprint density at radius 3 is 1.20 bits per heavy atom. The summed E-state index contributed by atoms with van der Waals surface area (Å²) in [6.07, 6.45) is 77.5. The van der Waals surface area contributed by atoms with Crippen molar-refractivity contribution in [2.24, 2.45) is 0 Å². The third-order valence-corrected chi connectivity index (χ3v) is 9.89. The molecule has 0 aliphatic heterocycles. The zero-order valence-electron chi connectivity index (χ0n) is 41.0. The molecule has 0 N–H and O–H groups in total. The van der Waals surface area contributed by atoms with Gasteiger partial charge in [0, 0.05) is 13.0 Å². The summed E-state index contributed by atoms with van der Waals surface area (Å²) in [5.74, 6) is -0.656. The highest BCUT2D eigenvalue weighted by Crippen LogP contribution is 2.10. The standard InChI is InChI=1S/C59H92O5/c1-4-7-10-13-16-19-22-25-28-29-30-31-33-34-37-40-43-46-49-52-58(60)63-56-57(55-62-54-51-48-45-42-39-36-27-24-21-18-15-12-9-6-3)64-59(61)53-50-47-44-41-38-35-32-26-23-20-17-14-11-8-5-2/h7-8,10-11,16-17,19-21,24-26,28,30-32,34,37-38,41,43,46-47,50,57H,4-6,9,12-15,18,22-23,27,29,33,35-36,39-40,42,44-45,48-49,51-56H2,1-3H3/b10-7-,11-8-,19-16-,20-17-,24-21-,28-25-,31-30-,32-26-,37-34-,41-38-,46-43-,50-47-. The molecule has 1 atom stereocenters. The largest absolute Gasteiger partial charge is 0.462 e. The first-order chi connectivity index (χ1) is 31.6. The number of hydrogen-bond acceptors (Lipinski definition) is 5. The van der Waals surface area contributed by atoms with Gasteiger partial charge in [-0.2, -0.15) is 0 Å². The highest BCUT2D eigenvalue weighted by Gasteiger charge is 2.17. The Morgan fingerprint density at radius 2 is 0.750 bits per heavy atom.